The topological polar surface area (TPSA) is 198 Å². The van der Waals surface area contributed by atoms with Crippen molar-refractivity contribution in [1.29, 1.82) is 0 Å². The molecule has 0 saturated carbocycles. The Morgan fingerprint density at radius 3 is 1.25 bits per heavy atom. The first kappa shape index (κ1) is 50.0. The van der Waals surface area contributed by atoms with Gasteiger partial charge in [0.15, 0.2) is 24.1 Å². The van der Waals surface area contributed by atoms with E-state index in [0.717, 1.165) is 11.1 Å². The number of anilines is 2. The average molecular weight is 949 g/mol. The van der Waals surface area contributed by atoms with Gasteiger partial charge in [0.05, 0.1) is 45.5 Å². The molecular weight excluding hydrogens is 901 g/mol. The van der Waals surface area contributed by atoms with Crippen LogP contribution in [0.2, 0.25) is 0 Å². The zero-order chi connectivity index (χ0) is 49.8. The normalized spacial score (nSPS) is 10.8. The van der Waals surface area contributed by atoms with Crippen LogP contribution >= 0.6 is 0 Å². The number of hydrogen-bond acceptors (Lipinski definition) is 12. The lowest BCUT2D eigenvalue weighted by molar-refractivity contribution is -0.139. The second-order valence-corrected chi connectivity index (χ2v) is 17.7. The number of rotatable bonds is 20. The Bertz CT molecular complexity index is 2900. The molecule has 0 aliphatic rings. The zero-order valence-electron chi connectivity index (χ0n) is 38.3. The minimum absolute atomic E-state index is 0.0171. The zero-order valence-corrected chi connectivity index (χ0v) is 39.1. The third-order valence-corrected chi connectivity index (χ3v) is 12.7. The van der Waals surface area contributed by atoms with Crippen LogP contribution in [0.4, 0.5) is 11.4 Å². The van der Waals surface area contributed by atoms with Gasteiger partial charge in [-0.1, -0.05) is 49.6 Å². The molecule has 0 bridgehead atoms. The summed E-state index contributed by atoms with van der Waals surface area (Å²) < 4.78 is 50.0. The van der Waals surface area contributed by atoms with Crippen molar-refractivity contribution in [2.24, 2.45) is 0 Å². The van der Waals surface area contributed by atoms with Crippen LogP contribution in [0.15, 0.2) is 155 Å². The number of para-hydroxylation sites is 4. The largest absolute Gasteiger partial charge is 0.462 e. The summed E-state index contributed by atoms with van der Waals surface area (Å²) in [7, 11) is -4.01. The van der Waals surface area contributed by atoms with E-state index < -0.39 is 33.6 Å². The van der Waals surface area contributed by atoms with Crippen LogP contribution in [0.3, 0.4) is 0 Å². The maximum atomic E-state index is 13.7. The number of benzene rings is 6. The summed E-state index contributed by atoms with van der Waals surface area (Å²) in [5, 5.41) is 5.60. The molecule has 0 aromatic heterocycles. The third kappa shape index (κ3) is 12.1. The van der Waals surface area contributed by atoms with Crippen molar-refractivity contribution >= 4 is 57.5 Å². The number of nitrogens with one attached hydrogen (secondary N) is 2. The monoisotopic (exact) mass is 948 g/mol. The number of hydrogen-bond donors (Lipinski definition) is 2. The van der Waals surface area contributed by atoms with Crippen molar-refractivity contribution < 1.29 is 56.1 Å². The number of ether oxygens (including phenoxy) is 4. The lowest BCUT2D eigenvalue weighted by Crippen LogP contribution is -2.16. The minimum atomic E-state index is -4.01. The number of amides is 2. The first-order valence-corrected chi connectivity index (χ1v) is 22.9. The molecule has 352 valence electrons. The summed E-state index contributed by atoms with van der Waals surface area (Å²) in [5.41, 5.74) is 4.37. The van der Waals surface area contributed by atoms with Crippen molar-refractivity contribution in [1.82, 2.24) is 0 Å². The first-order chi connectivity index (χ1) is 33.0. The van der Waals surface area contributed by atoms with Gasteiger partial charge in [-0.25, -0.2) is 18.0 Å². The highest BCUT2D eigenvalue weighted by Gasteiger charge is 2.22. The van der Waals surface area contributed by atoms with E-state index in [1.165, 1.54) is 60.7 Å². The van der Waals surface area contributed by atoms with E-state index in [-0.39, 0.29) is 79.4 Å². The highest BCUT2D eigenvalue weighted by molar-refractivity contribution is 7.91. The number of esters is 2. The first-order valence-electron chi connectivity index (χ1n) is 21.4. The molecule has 2 N–H and O–H groups in total. The molecule has 0 aliphatic heterocycles. The van der Waals surface area contributed by atoms with Crippen LogP contribution in [0.5, 0.6) is 23.0 Å². The van der Waals surface area contributed by atoms with Crippen LogP contribution in [0.25, 0.3) is 0 Å². The van der Waals surface area contributed by atoms with Gasteiger partial charge >= 0.3 is 11.9 Å². The fourth-order valence-corrected chi connectivity index (χ4v) is 8.26. The molecular formula is C54H48N2O12S. The maximum absolute atomic E-state index is 13.7. The van der Waals surface area contributed by atoms with Crippen LogP contribution in [0.1, 0.15) is 77.5 Å². The summed E-state index contributed by atoms with van der Waals surface area (Å²) >= 11 is 0. The molecule has 6 aromatic rings. The quantitative estimate of drug-likeness (QED) is 0.0418. The highest BCUT2D eigenvalue weighted by atomic mass is 32.2. The molecule has 69 heavy (non-hydrogen) atoms. The van der Waals surface area contributed by atoms with Gasteiger partial charge in [0.2, 0.25) is 9.84 Å². The second kappa shape index (κ2) is 22.4. The van der Waals surface area contributed by atoms with E-state index >= 15 is 0 Å². The third-order valence-electron chi connectivity index (χ3n) is 10.9. The summed E-state index contributed by atoms with van der Waals surface area (Å²) in [6.45, 7) is 13.8. The highest BCUT2D eigenvalue weighted by Crippen LogP contribution is 2.34. The molecule has 0 fully saturated rings. The predicted molar refractivity (Wildman–Crippen MR) is 259 cm³/mol. The molecule has 0 heterocycles. The molecule has 2 amide bonds. The fraction of sp³-hybridized carbons (Fsp3) is 0.148. The SMILES string of the molecule is C=C(C)C(=O)OCCc1ccc(C(=O)Nc2ccccc2Oc2ccc(S(=O)(=O)c3ccc(Oc4ccccc4NC(=O)c4ccc(CCOC(=O)C(=C)C)c(C)c4C=O)cc3)cc2)c(C=O)c1C. The summed E-state index contributed by atoms with van der Waals surface area (Å²) in [4.78, 5) is 74.9. The number of sulfone groups is 1. The number of carbonyl (C=O) groups is 6. The van der Waals surface area contributed by atoms with Gasteiger partial charge in [0.1, 0.15) is 11.5 Å². The van der Waals surface area contributed by atoms with Gasteiger partial charge in [-0.2, -0.15) is 0 Å². The van der Waals surface area contributed by atoms with Crippen molar-refractivity contribution in [3.63, 3.8) is 0 Å². The van der Waals surface area contributed by atoms with Gasteiger partial charge in [-0.3, -0.25) is 19.2 Å². The smallest absolute Gasteiger partial charge is 0.333 e. The number of carbonyl (C=O) groups excluding carboxylic acids is 6. The van der Waals surface area contributed by atoms with Gasteiger partial charge < -0.3 is 29.6 Å². The molecule has 6 aromatic carbocycles. The molecule has 6 rings (SSSR count). The van der Waals surface area contributed by atoms with Gasteiger partial charge in [0, 0.05) is 35.1 Å². The van der Waals surface area contributed by atoms with Crippen LogP contribution in [0, 0.1) is 13.8 Å². The molecule has 0 radical (unpaired) electrons. The summed E-state index contributed by atoms with van der Waals surface area (Å²) in [6.07, 6.45) is 1.87. The minimum Gasteiger partial charge on any atom is -0.462 e. The average Bonchev–Trinajstić information content (AvgIpc) is 3.33. The van der Waals surface area contributed by atoms with E-state index in [9.17, 15) is 37.2 Å². The van der Waals surface area contributed by atoms with E-state index in [1.807, 2.05) is 0 Å². The van der Waals surface area contributed by atoms with Crippen molar-refractivity contribution in [3.05, 3.63) is 190 Å². The lowest BCUT2D eigenvalue weighted by atomic mass is 9.95. The molecule has 0 spiro atoms. The molecule has 0 atom stereocenters. The maximum Gasteiger partial charge on any atom is 0.333 e. The summed E-state index contributed by atoms with van der Waals surface area (Å²) in [6, 6.07) is 31.2. The van der Waals surface area contributed by atoms with Gasteiger partial charge in [-0.15, -0.1) is 0 Å². The molecule has 15 heteroatoms. The standard InChI is InChI=1S/C54H48N2O12S/c1-33(2)53(61)65-29-27-37-15-25-43(45(31-57)35(37)5)51(59)55-47-11-7-9-13-49(47)67-39-17-21-41(22-18-39)69(63,64)42-23-19-40(20-24-42)68-50-14-10-8-12-48(50)56-52(60)44-26-16-38(36(6)46(44)32-58)28-30-66-54(62)34(3)4/h7-26,31-32H,1,3,27-30H2,2,4-6H3,(H,55,59)(H,56,60). The molecule has 0 aliphatic carbocycles. The Balaban J connectivity index is 1.09. The molecule has 0 unspecified atom stereocenters. The second-order valence-electron chi connectivity index (χ2n) is 15.7. The summed E-state index contributed by atoms with van der Waals surface area (Å²) in [5.74, 6) is -1.10. The van der Waals surface area contributed by atoms with E-state index in [0.29, 0.717) is 47.9 Å². The van der Waals surface area contributed by atoms with Gasteiger partial charge in [-0.05, 0) is 135 Å². The Labute approximate surface area is 399 Å². The predicted octanol–water partition coefficient (Wildman–Crippen LogP) is 10.2. The van der Waals surface area contributed by atoms with Gasteiger partial charge in [0.25, 0.3) is 11.8 Å². The van der Waals surface area contributed by atoms with E-state index in [4.69, 9.17) is 18.9 Å². The van der Waals surface area contributed by atoms with E-state index in [1.54, 1.807) is 88.4 Å². The van der Waals surface area contributed by atoms with E-state index in [2.05, 4.69) is 23.8 Å². The Morgan fingerprint density at radius 2 is 0.899 bits per heavy atom. The fourth-order valence-electron chi connectivity index (χ4n) is 7.00. The Morgan fingerprint density at radius 1 is 0.536 bits per heavy atom. The van der Waals surface area contributed by atoms with Crippen LogP contribution in [-0.4, -0.2) is 58.0 Å². The lowest BCUT2D eigenvalue weighted by Gasteiger charge is -2.15. The Hall–Kier alpha value is -8.43. The van der Waals surface area contributed by atoms with Crippen molar-refractivity contribution in [2.45, 2.75) is 50.3 Å². The van der Waals surface area contributed by atoms with Crippen LogP contribution in [-0.2, 0) is 41.7 Å². The Kier molecular flexibility index (Phi) is 16.2. The number of aldehydes is 2. The van der Waals surface area contributed by atoms with Crippen molar-refractivity contribution in [3.8, 4) is 23.0 Å². The molecule has 0 saturated heterocycles. The van der Waals surface area contributed by atoms with Crippen LogP contribution < -0.4 is 20.1 Å². The molecule has 14 nitrogen and oxygen atoms in total. The van der Waals surface area contributed by atoms with Crippen molar-refractivity contribution in [2.75, 3.05) is 23.8 Å².